The van der Waals surface area contributed by atoms with Gasteiger partial charge in [-0.3, -0.25) is 4.90 Å². The first-order chi connectivity index (χ1) is 17.5. The van der Waals surface area contributed by atoms with Gasteiger partial charge in [0, 0.05) is 18.9 Å². The molecule has 2 atom stereocenters. The summed E-state index contributed by atoms with van der Waals surface area (Å²) in [6, 6.07) is 23.7. The molecule has 1 saturated heterocycles. The Hall–Kier alpha value is -4.33. The molecule has 5 rings (SSSR count). The lowest BCUT2D eigenvalue weighted by Crippen LogP contribution is -2.41. The minimum absolute atomic E-state index is 0.0232. The molecular formula is C28H26N2O6. The largest absolute Gasteiger partial charge is 0.465 e. The van der Waals surface area contributed by atoms with Gasteiger partial charge in [-0.05, 0) is 27.8 Å². The quantitative estimate of drug-likeness (QED) is 0.501. The highest BCUT2D eigenvalue weighted by molar-refractivity contribution is 5.82. The summed E-state index contributed by atoms with van der Waals surface area (Å²) in [5.74, 6) is -0.721. The van der Waals surface area contributed by atoms with Crippen LogP contribution in [0.1, 0.15) is 29.0 Å². The summed E-state index contributed by atoms with van der Waals surface area (Å²) in [5, 5.41) is 12.3. The van der Waals surface area contributed by atoms with E-state index >= 15 is 0 Å². The van der Waals surface area contributed by atoms with Crippen molar-refractivity contribution in [2.75, 3.05) is 13.2 Å². The Morgan fingerprint density at radius 2 is 1.47 bits per heavy atom. The molecule has 1 aliphatic carbocycles. The number of esters is 1. The zero-order valence-electron chi connectivity index (χ0n) is 19.5. The topological polar surface area (TPSA) is 105 Å². The van der Waals surface area contributed by atoms with Gasteiger partial charge in [0.25, 0.3) is 0 Å². The molecule has 1 aliphatic heterocycles. The smallest absolute Gasteiger partial charge is 0.408 e. The number of rotatable bonds is 6. The van der Waals surface area contributed by atoms with Crippen molar-refractivity contribution in [2.45, 2.75) is 31.0 Å². The summed E-state index contributed by atoms with van der Waals surface area (Å²) in [6.45, 7) is 0.177. The average molecular weight is 487 g/mol. The third kappa shape index (κ3) is 4.75. The van der Waals surface area contributed by atoms with Crippen LogP contribution in [0, 0.1) is 0 Å². The van der Waals surface area contributed by atoms with Gasteiger partial charge in [0.15, 0.2) is 0 Å². The summed E-state index contributed by atoms with van der Waals surface area (Å²) < 4.78 is 10.9. The van der Waals surface area contributed by atoms with Gasteiger partial charge >= 0.3 is 18.2 Å². The van der Waals surface area contributed by atoms with Gasteiger partial charge in [0.05, 0.1) is 6.04 Å². The number of amides is 2. The maximum atomic E-state index is 12.6. The molecule has 0 unspecified atom stereocenters. The summed E-state index contributed by atoms with van der Waals surface area (Å²) in [5.41, 5.74) is 5.27. The maximum Gasteiger partial charge on any atom is 0.408 e. The van der Waals surface area contributed by atoms with E-state index in [1.54, 1.807) is 0 Å². The van der Waals surface area contributed by atoms with Gasteiger partial charge in [-0.15, -0.1) is 0 Å². The molecule has 2 aliphatic rings. The molecule has 36 heavy (non-hydrogen) atoms. The third-order valence-electron chi connectivity index (χ3n) is 6.71. The molecule has 8 nitrogen and oxygen atoms in total. The summed E-state index contributed by atoms with van der Waals surface area (Å²) in [6.07, 6.45) is -1.77. The van der Waals surface area contributed by atoms with Gasteiger partial charge in [-0.2, -0.15) is 0 Å². The highest BCUT2D eigenvalue weighted by Crippen LogP contribution is 2.44. The molecule has 1 heterocycles. The Bertz CT molecular complexity index is 1230. The lowest BCUT2D eigenvalue weighted by molar-refractivity contribution is -0.149. The molecule has 1 fully saturated rings. The number of hydrogen-bond acceptors (Lipinski definition) is 5. The van der Waals surface area contributed by atoms with Crippen LogP contribution in [-0.2, 0) is 20.9 Å². The number of fused-ring (bicyclic) bond motifs is 3. The van der Waals surface area contributed by atoms with Crippen molar-refractivity contribution in [2.24, 2.45) is 0 Å². The molecule has 0 aromatic heterocycles. The Labute approximate surface area is 208 Å². The standard InChI is InChI=1S/C28H26N2O6/c31-26(35-16-18-8-2-1-3-9-18)25-14-19(15-30(25)28(33)34)29-27(32)36-17-24-22-12-6-4-10-20(22)21-11-5-7-13-23(21)24/h1-13,19,24-25H,14-17H2,(H,29,32)(H,33,34)/t19-,25-/m0/s1. The molecule has 184 valence electrons. The average Bonchev–Trinajstić information content (AvgIpc) is 3.46. The number of nitrogens with zero attached hydrogens (tertiary/aromatic N) is 1. The summed E-state index contributed by atoms with van der Waals surface area (Å²) in [4.78, 5) is 38.0. The highest BCUT2D eigenvalue weighted by Gasteiger charge is 2.41. The lowest BCUT2D eigenvalue weighted by atomic mass is 9.98. The first-order valence-corrected chi connectivity index (χ1v) is 11.8. The van der Waals surface area contributed by atoms with Gasteiger partial charge in [0.1, 0.15) is 19.3 Å². The van der Waals surface area contributed by atoms with E-state index in [2.05, 4.69) is 17.4 Å². The predicted octanol–water partition coefficient (Wildman–Crippen LogP) is 4.39. The molecule has 2 N–H and O–H groups in total. The lowest BCUT2D eigenvalue weighted by Gasteiger charge is -2.19. The molecule has 0 radical (unpaired) electrons. The molecular weight excluding hydrogens is 460 g/mol. The van der Waals surface area contributed by atoms with Crippen LogP contribution in [0.3, 0.4) is 0 Å². The fourth-order valence-electron chi connectivity index (χ4n) is 5.01. The fraction of sp³-hybridized carbons (Fsp3) is 0.250. The Balaban J connectivity index is 1.18. The molecule has 2 amide bonds. The van der Waals surface area contributed by atoms with Crippen LogP contribution in [0.15, 0.2) is 78.9 Å². The van der Waals surface area contributed by atoms with Crippen LogP contribution in [-0.4, -0.2) is 53.4 Å². The molecule has 0 spiro atoms. The van der Waals surface area contributed by atoms with Crippen LogP contribution in [0.5, 0.6) is 0 Å². The van der Waals surface area contributed by atoms with Crippen LogP contribution < -0.4 is 5.32 Å². The fourth-order valence-corrected chi connectivity index (χ4v) is 5.01. The molecule has 3 aromatic rings. The second-order valence-corrected chi connectivity index (χ2v) is 8.95. The van der Waals surface area contributed by atoms with E-state index in [4.69, 9.17) is 9.47 Å². The van der Waals surface area contributed by atoms with E-state index < -0.39 is 30.2 Å². The van der Waals surface area contributed by atoms with Gasteiger partial charge < -0.3 is 19.9 Å². The molecule has 0 bridgehead atoms. The van der Waals surface area contributed by atoms with Crippen LogP contribution in [0.4, 0.5) is 9.59 Å². The minimum atomic E-state index is -1.24. The first-order valence-electron chi connectivity index (χ1n) is 11.8. The monoisotopic (exact) mass is 486 g/mol. The number of benzene rings is 3. The van der Waals surface area contributed by atoms with E-state index in [9.17, 15) is 19.5 Å². The van der Waals surface area contributed by atoms with E-state index in [1.807, 2.05) is 66.7 Å². The summed E-state index contributed by atoms with van der Waals surface area (Å²) >= 11 is 0. The van der Waals surface area contributed by atoms with Crippen molar-refractivity contribution < 1.29 is 29.0 Å². The Kier molecular flexibility index (Phi) is 6.58. The van der Waals surface area contributed by atoms with Crippen molar-refractivity contribution in [3.8, 4) is 11.1 Å². The third-order valence-corrected chi connectivity index (χ3v) is 6.71. The number of carbonyl (C=O) groups is 3. The van der Waals surface area contributed by atoms with Crippen molar-refractivity contribution in [3.05, 3.63) is 95.6 Å². The van der Waals surface area contributed by atoms with Crippen LogP contribution in [0.25, 0.3) is 11.1 Å². The first kappa shape index (κ1) is 23.4. The second kappa shape index (κ2) is 10.1. The van der Waals surface area contributed by atoms with Crippen LogP contribution >= 0.6 is 0 Å². The van der Waals surface area contributed by atoms with Crippen LogP contribution in [0.2, 0.25) is 0 Å². The zero-order chi connectivity index (χ0) is 25.1. The van der Waals surface area contributed by atoms with E-state index in [0.717, 1.165) is 32.7 Å². The molecule has 8 heteroatoms. The Morgan fingerprint density at radius 1 is 0.861 bits per heavy atom. The maximum absolute atomic E-state index is 12.6. The van der Waals surface area contributed by atoms with Crippen molar-refractivity contribution in [3.63, 3.8) is 0 Å². The van der Waals surface area contributed by atoms with Crippen molar-refractivity contribution >= 4 is 18.2 Å². The number of nitrogens with one attached hydrogen (secondary N) is 1. The SMILES string of the molecule is O=C(N[C@H]1C[C@@H](C(=O)OCc2ccccc2)N(C(=O)O)C1)OCC1c2ccccc2-c2ccccc21. The second-order valence-electron chi connectivity index (χ2n) is 8.95. The van der Waals surface area contributed by atoms with Gasteiger partial charge in [-0.1, -0.05) is 78.9 Å². The minimum Gasteiger partial charge on any atom is -0.465 e. The zero-order valence-corrected chi connectivity index (χ0v) is 19.5. The number of alkyl carbamates (subject to hydrolysis) is 1. The number of ether oxygens (including phenoxy) is 2. The molecule has 3 aromatic carbocycles. The van der Waals surface area contributed by atoms with Gasteiger partial charge in [-0.25, -0.2) is 14.4 Å². The van der Waals surface area contributed by atoms with Gasteiger partial charge in [0.2, 0.25) is 0 Å². The Morgan fingerprint density at radius 3 is 2.11 bits per heavy atom. The van der Waals surface area contributed by atoms with Crippen molar-refractivity contribution in [1.82, 2.24) is 10.2 Å². The normalized spacial score (nSPS) is 18.3. The number of carboxylic acid groups (broad SMARTS) is 1. The predicted molar refractivity (Wildman–Crippen MR) is 131 cm³/mol. The number of hydrogen-bond donors (Lipinski definition) is 2. The highest BCUT2D eigenvalue weighted by atomic mass is 16.5. The summed E-state index contributed by atoms with van der Waals surface area (Å²) in [7, 11) is 0. The van der Waals surface area contributed by atoms with Crippen molar-refractivity contribution in [1.29, 1.82) is 0 Å². The van der Waals surface area contributed by atoms with E-state index in [1.165, 1.54) is 0 Å². The van der Waals surface area contributed by atoms with E-state index in [0.29, 0.717) is 0 Å². The number of carbonyl (C=O) groups excluding carboxylic acids is 2. The number of likely N-dealkylation sites (tertiary alicyclic amines) is 1. The van der Waals surface area contributed by atoms with E-state index in [-0.39, 0.29) is 32.1 Å². The molecule has 0 saturated carbocycles.